The van der Waals surface area contributed by atoms with Crippen LogP contribution in [0, 0.1) is 28.6 Å². The van der Waals surface area contributed by atoms with Crippen molar-refractivity contribution in [1.82, 2.24) is 0 Å². The number of methoxy groups -OCH3 is 2. The van der Waals surface area contributed by atoms with Gasteiger partial charge in [-0.25, -0.2) is 0 Å². The predicted octanol–water partition coefficient (Wildman–Crippen LogP) is 2.54. The van der Waals surface area contributed by atoms with Crippen molar-refractivity contribution in [3.05, 3.63) is 11.1 Å². The fourth-order valence-electron chi connectivity index (χ4n) is 6.67. The monoisotopic (exact) mass is 592 g/mol. The summed E-state index contributed by atoms with van der Waals surface area (Å²) >= 11 is 13.0. The first kappa shape index (κ1) is 31.2. The number of halogens is 2. The molecule has 0 unspecified atom stereocenters. The van der Waals surface area contributed by atoms with Gasteiger partial charge in [0.05, 0.1) is 39.6 Å². The van der Waals surface area contributed by atoms with Crippen LogP contribution >= 0.6 is 23.2 Å². The van der Waals surface area contributed by atoms with Gasteiger partial charge < -0.3 is 28.4 Å². The van der Waals surface area contributed by atoms with Gasteiger partial charge in [-0.3, -0.25) is 24.0 Å². The molecule has 0 aromatic rings. The van der Waals surface area contributed by atoms with Crippen LogP contribution in [0.2, 0.25) is 0 Å². The summed E-state index contributed by atoms with van der Waals surface area (Å²) in [7, 11) is 2.27. The van der Waals surface area contributed by atoms with Gasteiger partial charge in [-0.05, 0) is 39.0 Å². The molecule has 218 valence electrons. The topological polar surface area (TPSA) is 141 Å². The molecule has 3 rings (SSSR count). The van der Waals surface area contributed by atoms with E-state index >= 15 is 0 Å². The third-order valence-corrected chi connectivity index (χ3v) is 8.59. The van der Waals surface area contributed by atoms with Crippen molar-refractivity contribution in [3.63, 3.8) is 0 Å². The third kappa shape index (κ3) is 5.13. The summed E-state index contributed by atoms with van der Waals surface area (Å²) in [4.78, 5) is 65.6. The highest BCUT2D eigenvalue weighted by molar-refractivity contribution is 6.26. The van der Waals surface area contributed by atoms with Crippen molar-refractivity contribution in [3.8, 4) is 0 Å². The van der Waals surface area contributed by atoms with Gasteiger partial charge in [-0.1, -0.05) is 17.2 Å². The van der Waals surface area contributed by atoms with E-state index in [1.54, 1.807) is 13.8 Å². The van der Waals surface area contributed by atoms with Crippen LogP contribution in [0.3, 0.4) is 0 Å². The second-order valence-electron chi connectivity index (χ2n) is 9.88. The highest BCUT2D eigenvalue weighted by atomic mass is 35.5. The summed E-state index contributed by atoms with van der Waals surface area (Å²) in [6.07, 6.45) is -2.37. The average Bonchev–Trinajstić information content (AvgIpc) is 3.25. The standard InChI is InChI=1S/C26H34Cl2O11/c1-6-36-23(32)25(24(33)37-7-2)10-15(28)8-16-18-14(11-27)9-26(21(30)34-4,22(31)35-5)20(18)39-17(19(16)25)12-38-13(3)29/h11,15-20H,6-10,12H2,1-5H3/b14-11+/t15-,16-,17+,18+,19-,20-/m0/s1. The van der Waals surface area contributed by atoms with Crippen LogP contribution in [0.15, 0.2) is 11.1 Å². The molecule has 1 aliphatic heterocycles. The maximum absolute atomic E-state index is 13.7. The molecule has 0 aromatic heterocycles. The number of esters is 5. The van der Waals surface area contributed by atoms with Gasteiger partial charge in [0.15, 0.2) is 10.8 Å². The molecule has 1 heterocycles. The van der Waals surface area contributed by atoms with Gasteiger partial charge in [0.2, 0.25) is 0 Å². The van der Waals surface area contributed by atoms with Crippen LogP contribution in [0.4, 0.5) is 0 Å². The van der Waals surface area contributed by atoms with E-state index < -0.39 is 76.0 Å². The zero-order chi connectivity index (χ0) is 29.1. The number of ether oxygens (including phenoxy) is 6. The molecule has 0 spiro atoms. The molecule has 1 saturated heterocycles. The van der Waals surface area contributed by atoms with E-state index in [0.717, 1.165) is 14.2 Å². The molecule has 39 heavy (non-hydrogen) atoms. The summed E-state index contributed by atoms with van der Waals surface area (Å²) < 4.78 is 32.6. The molecule has 2 saturated carbocycles. The first-order chi connectivity index (χ1) is 18.5. The summed E-state index contributed by atoms with van der Waals surface area (Å²) in [5.41, 5.74) is -2.14. The van der Waals surface area contributed by atoms with E-state index in [1.807, 2.05) is 0 Å². The number of alkyl halides is 1. The number of rotatable bonds is 8. The smallest absolute Gasteiger partial charge is 0.326 e. The van der Waals surface area contributed by atoms with Crippen molar-refractivity contribution in [2.24, 2.45) is 28.6 Å². The number of hydrogen-bond donors (Lipinski definition) is 0. The lowest BCUT2D eigenvalue weighted by atomic mass is 9.54. The maximum atomic E-state index is 13.7. The van der Waals surface area contributed by atoms with Crippen molar-refractivity contribution in [1.29, 1.82) is 0 Å². The molecule has 3 fully saturated rings. The van der Waals surface area contributed by atoms with Crippen molar-refractivity contribution >= 4 is 53.0 Å². The van der Waals surface area contributed by atoms with E-state index in [-0.39, 0.29) is 39.1 Å². The van der Waals surface area contributed by atoms with Crippen LogP contribution in [0.5, 0.6) is 0 Å². The largest absolute Gasteiger partial charge is 0.468 e. The zero-order valence-corrected chi connectivity index (χ0v) is 24.0. The molecular formula is C26H34Cl2O11. The van der Waals surface area contributed by atoms with Crippen molar-refractivity contribution < 1.29 is 52.4 Å². The van der Waals surface area contributed by atoms with E-state index in [1.165, 1.54) is 12.5 Å². The van der Waals surface area contributed by atoms with Crippen LogP contribution in [-0.2, 0) is 52.4 Å². The Bertz CT molecular complexity index is 991. The molecule has 0 amide bonds. The first-order valence-electron chi connectivity index (χ1n) is 12.7. The van der Waals surface area contributed by atoms with Crippen molar-refractivity contribution in [2.45, 2.75) is 57.6 Å². The van der Waals surface area contributed by atoms with Gasteiger partial charge in [-0.2, -0.15) is 0 Å². The minimum atomic E-state index is -1.94. The van der Waals surface area contributed by atoms with Gasteiger partial charge in [0.1, 0.15) is 6.61 Å². The second-order valence-corrected chi connectivity index (χ2v) is 10.7. The fraction of sp³-hybridized carbons (Fsp3) is 0.731. The Morgan fingerprint density at radius 2 is 1.51 bits per heavy atom. The molecule has 0 aromatic carbocycles. The van der Waals surface area contributed by atoms with Crippen LogP contribution in [0.25, 0.3) is 0 Å². The Kier molecular flexibility index (Phi) is 9.93. The van der Waals surface area contributed by atoms with Gasteiger partial charge in [0.25, 0.3) is 0 Å². The summed E-state index contributed by atoms with van der Waals surface area (Å²) in [5, 5.41) is -0.698. The molecule has 0 radical (unpaired) electrons. The molecular weight excluding hydrogens is 559 g/mol. The Balaban J connectivity index is 2.30. The quantitative estimate of drug-likeness (QED) is 0.177. The fourth-order valence-corrected chi connectivity index (χ4v) is 7.35. The lowest BCUT2D eigenvalue weighted by molar-refractivity contribution is -0.235. The Hall–Kier alpha value is -2.37. The van der Waals surface area contributed by atoms with Crippen LogP contribution in [0.1, 0.15) is 40.0 Å². The summed E-state index contributed by atoms with van der Waals surface area (Å²) in [6, 6.07) is 0. The molecule has 13 heteroatoms. The molecule has 6 atom stereocenters. The van der Waals surface area contributed by atoms with Gasteiger partial charge in [0, 0.05) is 29.7 Å². The van der Waals surface area contributed by atoms with E-state index in [9.17, 15) is 24.0 Å². The number of carbonyl (C=O) groups excluding carboxylic acids is 5. The Morgan fingerprint density at radius 1 is 0.949 bits per heavy atom. The summed E-state index contributed by atoms with van der Waals surface area (Å²) in [6.45, 7) is 3.97. The van der Waals surface area contributed by atoms with Gasteiger partial charge in [-0.15, -0.1) is 11.6 Å². The van der Waals surface area contributed by atoms with E-state index in [2.05, 4.69) is 0 Å². The van der Waals surface area contributed by atoms with Crippen molar-refractivity contribution in [2.75, 3.05) is 34.0 Å². The Morgan fingerprint density at radius 3 is 1.97 bits per heavy atom. The Labute approximate surface area is 236 Å². The molecule has 11 nitrogen and oxygen atoms in total. The normalized spacial score (nSPS) is 31.3. The van der Waals surface area contributed by atoms with Crippen LogP contribution < -0.4 is 0 Å². The highest BCUT2D eigenvalue weighted by Gasteiger charge is 2.73. The second kappa shape index (κ2) is 12.4. The lowest BCUT2D eigenvalue weighted by Gasteiger charge is -2.55. The molecule has 0 bridgehead atoms. The number of fused-ring (bicyclic) bond motifs is 3. The lowest BCUT2D eigenvalue weighted by Crippen LogP contribution is -2.66. The predicted molar refractivity (Wildman–Crippen MR) is 135 cm³/mol. The maximum Gasteiger partial charge on any atom is 0.326 e. The minimum absolute atomic E-state index is 0.0214. The van der Waals surface area contributed by atoms with E-state index in [0.29, 0.717) is 5.57 Å². The van der Waals surface area contributed by atoms with Crippen LogP contribution in [-0.4, -0.2) is 81.5 Å². The highest BCUT2D eigenvalue weighted by Crippen LogP contribution is 2.63. The van der Waals surface area contributed by atoms with Gasteiger partial charge >= 0.3 is 29.8 Å². The third-order valence-electron chi connectivity index (χ3n) is 7.98. The zero-order valence-electron chi connectivity index (χ0n) is 22.5. The molecule has 2 aliphatic carbocycles. The van der Waals surface area contributed by atoms with E-state index in [4.69, 9.17) is 51.6 Å². The first-order valence-corrected chi connectivity index (χ1v) is 13.6. The average molecular weight is 593 g/mol. The number of carbonyl (C=O) groups is 5. The molecule has 3 aliphatic rings. The summed E-state index contributed by atoms with van der Waals surface area (Å²) in [5.74, 6) is -6.49. The minimum Gasteiger partial charge on any atom is -0.468 e. The number of hydrogen-bond acceptors (Lipinski definition) is 11. The SMILES string of the molecule is CCOC(=O)C1(C(=O)OCC)C[C@@H](Cl)C[C@H]2[C@H]3/C(=C/Cl)CC(C(=O)OC)(C(=O)OC)[C@H]3O[C@H](COC(C)=O)[C@H]21. The molecule has 0 N–H and O–H groups in total.